The van der Waals surface area contributed by atoms with Crippen LogP contribution in [0.2, 0.25) is 5.04 Å². The number of hydrogen-bond donors (Lipinski definition) is 0. The number of fused-ring (bicyclic) bond motifs is 1. The second-order valence-electron chi connectivity index (χ2n) is 10.5. The third kappa shape index (κ3) is 4.15. The molecule has 10 heteroatoms. The van der Waals surface area contributed by atoms with E-state index in [1.165, 1.54) is 6.33 Å². The van der Waals surface area contributed by atoms with E-state index in [0.717, 1.165) is 15.1 Å². The molecule has 0 aliphatic carbocycles. The van der Waals surface area contributed by atoms with Crippen LogP contribution in [-0.4, -0.2) is 24.7 Å². The number of halogens is 5. The Morgan fingerprint density at radius 2 is 1.34 bits per heavy atom. The second-order valence-corrected chi connectivity index (χ2v) is 14.8. The van der Waals surface area contributed by atoms with Gasteiger partial charge in [0.05, 0.1) is 6.61 Å². The van der Waals surface area contributed by atoms with E-state index in [4.69, 9.17) is 4.43 Å². The van der Waals surface area contributed by atoms with Gasteiger partial charge in [0.2, 0.25) is 41.1 Å². The van der Waals surface area contributed by atoms with E-state index in [1.54, 1.807) is 4.57 Å². The van der Waals surface area contributed by atoms with E-state index in [1.807, 2.05) is 36.4 Å². The molecule has 0 fully saturated rings. The van der Waals surface area contributed by atoms with Crippen molar-refractivity contribution in [3.63, 3.8) is 0 Å². The first-order valence-corrected chi connectivity index (χ1v) is 14.2. The molecule has 4 nitrogen and oxygen atoms in total. The molecule has 0 amide bonds. The lowest BCUT2D eigenvalue weighted by atomic mass is 10.2. The maximum Gasteiger partial charge on any atom is 0.278 e. The molecule has 2 heterocycles. The summed E-state index contributed by atoms with van der Waals surface area (Å²) in [5.74, 6) is -9.60. The van der Waals surface area contributed by atoms with Gasteiger partial charge in [-0.2, -0.15) is 8.78 Å². The van der Waals surface area contributed by atoms with Crippen molar-refractivity contribution in [2.75, 3.05) is 6.61 Å². The maximum absolute atomic E-state index is 14.4. The fraction of sp³-hybridized carbons (Fsp3) is 0.286. The molecule has 0 unspecified atom stereocenters. The number of hydrogen-bond acceptors (Lipinski definition) is 2. The van der Waals surface area contributed by atoms with Crippen molar-refractivity contribution in [1.29, 1.82) is 0 Å². The topological polar surface area (TPSA) is 30.9 Å². The average molecular weight is 545 g/mol. The smallest absolute Gasteiger partial charge is 0.278 e. The minimum absolute atomic E-state index is 0.235. The number of aryl methyl sites for hydroxylation is 1. The van der Waals surface area contributed by atoms with Gasteiger partial charge in [0.1, 0.15) is 6.04 Å². The fourth-order valence-corrected chi connectivity index (χ4v) is 9.95. The highest BCUT2D eigenvalue weighted by atomic mass is 28.4. The Balaban J connectivity index is 1.52. The lowest BCUT2D eigenvalue weighted by molar-refractivity contribution is -0.718. The standard InChI is InChI=1S/C28H27F5N3OSi/c1-28(2,3)38(19-10-6-4-7-11-19,20-12-8-5-9-13-20)37-16-18-14-15-21-34-36(17-35(18)21)27-25(32)23(30)22(29)24(31)26(27)33/h4-13,17-18H,14-16H2,1-3H3/q+1/t18-/m0/s1. The van der Waals surface area contributed by atoms with Crippen LogP contribution in [0, 0.1) is 29.1 Å². The van der Waals surface area contributed by atoms with E-state index < -0.39 is 43.1 Å². The largest absolute Gasteiger partial charge is 0.404 e. The third-order valence-corrected chi connectivity index (χ3v) is 12.2. The summed E-state index contributed by atoms with van der Waals surface area (Å²) in [5.41, 5.74) is -1.10. The molecule has 1 aliphatic rings. The summed E-state index contributed by atoms with van der Waals surface area (Å²) in [6.07, 6.45) is 2.41. The summed E-state index contributed by atoms with van der Waals surface area (Å²) in [6, 6.07) is 20.0. The van der Waals surface area contributed by atoms with Gasteiger partial charge in [-0.05, 0) is 21.8 Å². The maximum atomic E-state index is 14.4. The molecule has 1 aliphatic heterocycles. The van der Waals surface area contributed by atoms with Crippen molar-refractivity contribution < 1.29 is 30.9 Å². The molecule has 0 radical (unpaired) electrons. The molecule has 3 aromatic carbocycles. The second kappa shape index (κ2) is 9.74. The molecule has 0 N–H and O–H groups in total. The van der Waals surface area contributed by atoms with Crippen LogP contribution >= 0.6 is 0 Å². The van der Waals surface area contributed by atoms with Gasteiger partial charge in [-0.1, -0.05) is 86.1 Å². The van der Waals surface area contributed by atoms with Crippen LogP contribution in [0.4, 0.5) is 22.0 Å². The van der Waals surface area contributed by atoms with Crippen LogP contribution in [0.25, 0.3) is 5.69 Å². The van der Waals surface area contributed by atoms with E-state index in [2.05, 4.69) is 50.1 Å². The molecular formula is C28H27F5N3OSi+. The first-order chi connectivity index (χ1) is 18.1. The van der Waals surface area contributed by atoms with Gasteiger partial charge >= 0.3 is 0 Å². The zero-order valence-electron chi connectivity index (χ0n) is 21.2. The van der Waals surface area contributed by atoms with Gasteiger partial charge in [-0.15, -0.1) is 0 Å². The number of nitrogens with zero attached hydrogens (tertiary/aromatic N) is 3. The van der Waals surface area contributed by atoms with E-state index in [-0.39, 0.29) is 17.7 Å². The van der Waals surface area contributed by atoms with E-state index in [9.17, 15) is 22.0 Å². The summed E-state index contributed by atoms with van der Waals surface area (Å²) in [4.78, 5) is 0. The number of benzene rings is 3. The average Bonchev–Trinajstić information content (AvgIpc) is 3.48. The SMILES string of the molecule is CC(C)(C)[Si](OC[C@@H]1CCc2nn(-c3c(F)c(F)c(F)c(F)c3F)c[n+]21)(c1ccccc1)c1ccccc1. The molecule has 38 heavy (non-hydrogen) atoms. The lowest BCUT2D eigenvalue weighted by Gasteiger charge is -2.43. The molecule has 0 saturated heterocycles. The lowest BCUT2D eigenvalue weighted by Crippen LogP contribution is -2.67. The van der Waals surface area contributed by atoms with Crippen LogP contribution in [-0.2, 0) is 10.8 Å². The van der Waals surface area contributed by atoms with Crippen molar-refractivity contribution in [3.8, 4) is 5.69 Å². The van der Waals surface area contributed by atoms with Crippen LogP contribution in [0.3, 0.4) is 0 Å². The number of aromatic nitrogens is 3. The first-order valence-electron chi connectivity index (χ1n) is 12.3. The van der Waals surface area contributed by atoms with Crippen LogP contribution in [0.15, 0.2) is 67.0 Å². The normalized spacial score (nSPS) is 15.6. The fourth-order valence-electron chi connectivity index (χ4n) is 5.35. The monoisotopic (exact) mass is 544 g/mol. The summed E-state index contributed by atoms with van der Waals surface area (Å²) < 4.78 is 79.5. The Kier molecular flexibility index (Phi) is 6.73. The molecule has 198 valence electrons. The van der Waals surface area contributed by atoms with Crippen LogP contribution in [0.5, 0.6) is 0 Å². The zero-order valence-corrected chi connectivity index (χ0v) is 22.2. The van der Waals surface area contributed by atoms with Crippen LogP contribution < -0.4 is 14.9 Å². The summed E-state index contributed by atoms with van der Waals surface area (Å²) in [7, 11) is -2.84. The van der Waals surface area contributed by atoms with Crippen molar-refractivity contribution in [1.82, 2.24) is 9.78 Å². The number of rotatable bonds is 6. The summed E-state index contributed by atoms with van der Waals surface area (Å²) in [5, 5.41) is 6.13. The van der Waals surface area contributed by atoms with Gasteiger partial charge in [0, 0.05) is 11.5 Å². The molecule has 5 rings (SSSR count). The molecule has 1 aromatic heterocycles. The van der Waals surface area contributed by atoms with Gasteiger partial charge in [0.15, 0.2) is 0 Å². The first kappa shape index (κ1) is 26.2. The Labute approximate surface area is 218 Å². The molecule has 0 saturated carbocycles. The van der Waals surface area contributed by atoms with Gasteiger partial charge in [0.25, 0.3) is 14.1 Å². The quantitative estimate of drug-likeness (QED) is 0.114. The molecule has 1 atom stereocenters. The molecular weight excluding hydrogens is 517 g/mol. The Morgan fingerprint density at radius 1 is 0.842 bits per heavy atom. The molecule has 4 aromatic rings. The minimum Gasteiger partial charge on any atom is -0.404 e. The Bertz CT molecular complexity index is 1400. The third-order valence-electron chi connectivity index (χ3n) is 7.17. The predicted octanol–water partition coefficient (Wildman–Crippen LogP) is 4.92. The van der Waals surface area contributed by atoms with Crippen molar-refractivity contribution in [2.45, 2.75) is 44.7 Å². The van der Waals surface area contributed by atoms with Gasteiger partial charge in [-0.3, -0.25) is 0 Å². The Morgan fingerprint density at radius 3 is 1.84 bits per heavy atom. The summed E-state index contributed by atoms with van der Waals surface area (Å²) >= 11 is 0. The minimum atomic E-state index is -2.84. The van der Waals surface area contributed by atoms with E-state index >= 15 is 0 Å². The van der Waals surface area contributed by atoms with Crippen molar-refractivity contribution >= 4 is 18.7 Å². The zero-order chi connectivity index (χ0) is 27.2. The highest BCUT2D eigenvalue weighted by molar-refractivity contribution is 6.99. The van der Waals surface area contributed by atoms with Crippen molar-refractivity contribution in [2.24, 2.45) is 0 Å². The highest BCUT2D eigenvalue weighted by Gasteiger charge is 2.51. The Hall–Kier alpha value is -3.37. The van der Waals surface area contributed by atoms with E-state index in [0.29, 0.717) is 18.7 Å². The van der Waals surface area contributed by atoms with Crippen LogP contribution in [0.1, 0.15) is 39.1 Å². The summed E-state index contributed by atoms with van der Waals surface area (Å²) in [6.45, 7) is 6.77. The van der Waals surface area contributed by atoms with Crippen molar-refractivity contribution in [3.05, 3.63) is 102 Å². The molecule has 0 bridgehead atoms. The molecule has 0 spiro atoms. The predicted molar refractivity (Wildman–Crippen MR) is 134 cm³/mol. The van der Waals surface area contributed by atoms with Gasteiger partial charge in [-0.25, -0.2) is 17.7 Å². The highest BCUT2D eigenvalue weighted by Crippen LogP contribution is 2.37. The van der Waals surface area contributed by atoms with Gasteiger partial charge < -0.3 is 4.43 Å².